The van der Waals surface area contributed by atoms with E-state index in [0.717, 1.165) is 6.07 Å². The number of rotatable bonds is 4. The fourth-order valence-corrected chi connectivity index (χ4v) is 1.83. The minimum absolute atomic E-state index is 0.0546. The van der Waals surface area contributed by atoms with Gasteiger partial charge in [0.25, 0.3) is 0 Å². The Morgan fingerprint density at radius 2 is 2.18 bits per heavy atom. The van der Waals surface area contributed by atoms with Gasteiger partial charge in [0.05, 0.1) is 11.1 Å². The van der Waals surface area contributed by atoms with Crippen LogP contribution in [0.5, 0.6) is 0 Å². The molecule has 0 aliphatic carbocycles. The molecule has 0 saturated carbocycles. The van der Waals surface area contributed by atoms with Gasteiger partial charge in [-0.3, -0.25) is 4.79 Å². The second-order valence-electron chi connectivity index (χ2n) is 4.30. The van der Waals surface area contributed by atoms with Crippen molar-refractivity contribution in [2.45, 2.75) is 20.3 Å². The van der Waals surface area contributed by atoms with Crippen LogP contribution in [0, 0.1) is 29.0 Å². The van der Waals surface area contributed by atoms with Crippen LogP contribution in [0.1, 0.15) is 30.6 Å². The minimum atomic E-state index is -0.724. The summed E-state index contributed by atoms with van der Waals surface area (Å²) in [7, 11) is 0. The molecule has 2 nitrogen and oxygen atoms in total. The topological polar surface area (TPSA) is 40.9 Å². The summed E-state index contributed by atoms with van der Waals surface area (Å²) in [5.41, 5.74) is 0.209. The molecular formula is C13H13ClFNO. The van der Waals surface area contributed by atoms with E-state index in [-0.39, 0.29) is 22.3 Å². The Morgan fingerprint density at radius 1 is 1.53 bits per heavy atom. The highest BCUT2D eigenvalue weighted by molar-refractivity contribution is 6.34. The Bertz CT molecular complexity index is 465. The number of benzene rings is 1. The summed E-state index contributed by atoms with van der Waals surface area (Å²) >= 11 is 5.79. The normalized spacial score (nSPS) is 12.2. The number of hydrogen-bond donors (Lipinski definition) is 0. The summed E-state index contributed by atoms with van der Waals surface area (Å²) in [6.45, 7) is 3.87. The molecule has 0 saturated heterocycles. The lowest BCUT2D eigenvalue weighted by Crippen LogP contribution is -2.15. The zero-order chi connectivity index (χ0) is 13.0. The number of halogens is 2. The smallest absolute Gasteiger partial charge is 0.181 e. The van der Waals surface area contributed by atoms with Gasteiger partial charge in [-0.05, 0) is 30.5 Å². The summed E-state index contributed by atoms with van der Waals surface area (Å²) in [4.78, 5) is 12.0. The van der Waals surface area contributed by atoms with Crippen molar-refractivity contribution in [3.63, 3.8) is 0 Å². The number of carbonyl (C=O) groups excluding carboxylic acids is 1. The van der Waals surface area contributed by atoms with E-state index in [4.69, 9.17) is 16.9 Å². The molecule has 4 heteroatoms. The molecule has 0 fully saturated rings. The van der Waals surface area contributed by atoms with Gasteiger partial charge in [0.15, 0.2) is 5.78 Å². The Labute approximate surface area is 105 Å². The van der Waals surface area contributed by atoms with Gasteiger partial charge in [0, 0.05) is 5.56 Å². The van der Waals surface area contributed by atoms with E-state index in [1.54, 1.807) is 0 Å². The van der Waals surface area contributed by atoms with Crippen LogP contribution in [-0.2, 0) is 0 Å². The first-order chi connectivity index (χ1) is 7.95. The van der Waals surface area contributed by atoms with E-state index in [0.29, 0.717) is 6.42 Å². The molecule has 0 bridgehead atoms. The molecule has 1 rings (SSSR count). The fraction of sp³-hybridized carbons (Fsp3) is 0.385. The highest BCUT2D eigenvalue weighted by Gasteiger charge is 2.22. The van der Waals surface area contributed by atoms with E-state index < -0.39 is 11.7 Å². The molecule has 0 radical (unpaired) electrons. The predicted octanol–water partition coefficient (Wildman–Crippen LogP) is 3.85. The zero-order valence-corrected chi connectivity index (χ0v) is 10.5. The summed E-state index contributed by atoms with van der Waals surface area (Å²) in [5.74, 6) is -1.32. The molecule has 0 N–H and O–H groups in total. The van der Waals surface area contributed by atoms with Crippen molar-refractivity contribution in [3.8, 4) is 6.07 Å². The second-order valence-corrected chi connectivity index (χ2v) is 4.71. The molecule has 1 aromatic rings. The lowest BCUT2D eigenvalue weighted by Gasteiger charge is -2.11. The molecule has 1 unspecified atom stereocenters. The molecule has 0 aliphatic rings. The van der Waals surface area contributed by atoms with E-state index in [9.17, 15) is 9.18 Å². The van der Waals surface area contributed by atoms with Gasteiger partial charge in [0.2, 0.25) is 0 Å². The summed E-state index contributed by atoms with van der Waals surface area (Å²) in [5, 5.41) is 9.02. The van der Waals surface area contributed by atoms with Crippen molar-refractivity contribution in [1.29, 1.82) is 5.26 Å². The maximum Gasteiger partial charge on any atom is 0.181 e. The van der Waals surface area contributed by atoms with Gasteiger partial charge in [-0.15, -0.1) is 0 Å². The summed E-state index contributed by atoms with van der Waals surface area (Å²) in [6.07, 6.45) is 0.475. The lowest BCUT2D eigenvalue weighted by molar-refractivity contribution is 0.0937. The minimum Gasteiger partial charge on any atom is -0.293 e. The number of hydrogen-bond acceptors (Lipinski definition) is 2. The second kappa shape index (κ2) is 5.79. The predicted molar refractivity (Wildman–Crippen MR) is 64.3 cm³/mol. The maximum absolute atomic E-state index is 12.8. The molecule has 17 heavy (non-hydrogen) atoms. The third-order valence-electron chi connectivity index (χ3n) is 2.38. The van der Waals surface area contributed by atoms with Crippen molar-refractivity contribution in [2.75, 3.05) is 0 Å². The lowest BCUT2D eigenvalue weighted by atomic mass is 9.91. The van der Waals surface area contributed by atoms with Crippen LogP contribution in [0.4, 0.5) is 4.39 Å². The average molecular weight is 254 g/mol. The van der Waals surface area contributed by atoms with E-state index in [1.807, 2.05) is 19.9 Å². The quantitative estimate of drug-likeness (QED) is 0.765. The number of Topliss-reactive ketones (excluding diaryl/α,β-unsaturated/α-hetero) is 1. The van der Waals surface area contributed by atoms with E-state index in [2.05, 4.69) is 0 Å². The van der Waals surface area contributed by atoms with Gasteiger partial charge in [0.1, 0.15) is 11.7 Å². The van der Waals surface area contributed by atoms with Gasteiger partial charge >= 0.3 is 0 Å². The Balaban J connectivity index is 2.99. The maximum atomic E-state index is 12.8. The first kappa shape index (κ1) is 13.7. The first-order valence-electron chi connectivity index (χ1n) is 5.34. The molecule has 0 amide bonds. The van der Waals surface area contributed by atoms with E-state index >= 15 is 0 Å². The molecule has 0 aromatic heterocycles. The zero-order valence-electron chi connectivity index (χ0n) is 9.71. The van der Waals surface area contributed by atoms with Crippen LogP contribution in [0.15, 0.2) is 18.2 Å². The van der Waals surface area contributed by atoms with Crippen molar-refractivity contribution < 1.29 is 9.18 Å². The van der Waals surface area contributed by atoms with Crippen LogP contribution >= 0.6 is 11.6 Å². The number of carbonyl (C=O) groups is 1. The molecule has 1 aromatic carbocycles. The van der Waals surface area contributed by atoms with Crippen LogP contribution in [0.25, 0.3) is 0 Å². The van der Waals surface area contributed by atoms with Crippen molar-refractivity contribution in [1.82, 2.24) is 0 Å². The highest BCUT2D eigenvalue weighted by Crippen LogP contribution is 2.23. The standard InChI is InChI=1S/C13H13ClFNO/c1-8(2)5-9(7-16)13(17)11-4-3-10(15)6-12(11)14/h3-4,6,8-9H,5H2,1-2H3. The summed E-state index contributed by atoms with van der Waals surface area (Å²) in [6, 6.07) is 5.55. The van der Waals surface area contributed by atoms with Crippen LogP contribution in [0.2, 0.25) is 5.02 Å². The monoisotopic (exact) mass is 253 g/mol. The van der Waals surface area contributed by atoms with Crippen LogP contribution in [0.3, 0.4) is 0 Å². The van der Waals surface area contributed by atoms with Crippen LogP contribution < -0.4 is 0 Å². The molecule has 1 atom stereocenters. The highest BCUT2D eigenvalue weighted by atomic mass is 35.5. The number of nitrogens with zero attached hydrogens (tertiary/aromatic N) is 1. The van der Waals surface area contributed by atoms with Crippen LogP contribution in [-0.4, -0.2) is 5.78 Å². The van der Waals surface area contributed by atoms with Gasteiger partial charge in [-0.25, -0.2) is 4.39 Å². The van der Waals surface area contributed by atoms with Crippen molar-refractivity contribution in [3.05, 3.63) is 34.6 Å². The Morgan fingerprint density at radius 3 is 2.65 bits per heavy atom. The largest absolute Gasteiger partial charge is 0.293 e. The Kier molecular flexibility index (Phi) is 4.65. The molecule has 90 valence electrons. The van der Waals surface area contributed by atoms with Crippen molar-refractivity contribution >= 4 is 17.4 Å². The number of ketones is 1. The summed E-state index contributed by atoms with van der Waals surface area (Å²) < 4.78 is 12.8. The van der Waals surface area contributed by atoms with Gasteiger partial charge < -0.3 is 0 Å². The third kappa shape index (κ3) is 3.54. The fourth-order valence-electron chi connectivity index (χ4n) is 1.57. The molecule has 0 aliphatic heterocycles. The average Bonchev–Trinajstić information content (AvgIpc) is 2.24. The molecule has 0 heterocycles. The first-order valence-corrected chi connectivity index (χ1v) is 5.72. The van der Waals surface area contributed by atoms with Gasteiger partial charge in [-0.2, -0.15) is 5.26 Å². The SMILES string of the molecule is CC(C)CC(C#N)C(=O)c1ccc(F)cc1Cl. The van der Waals surface area contributed by atoms with Gasteiger partial charge in [-0.1, -0.05) is 25.4 Å². The van der Waals surface area contributed by atoms with E-state index in [1.165, 1.54) is 12.1 Å². The molecule has 0 spiro atoms. The third-order valence-corrected chi connectivity index (χ3v) is 2.69. The Hall–Kier alpha value is -1.40. The number of nitriles is 1. The molecular weight excluding hydrogens is 241 g/mol. The van der Waals surface area contributed by atoms with Crippen molar-refractivity contribution in [2.24, 2.45) is 11.8 Å².